The Morgan fingerprint density at radius 3 is 1.98 bits per heavy atom. The Labute approximate surface area is 265 Å². The van der Waals surface area contributed by atoms with Crippen LogP contribution in [0.4, 0.5) is 13.2 Å². The molecule has 1 amide bonds. The molecule has 2 unspecified atom stereocenters. The average molecular weight is 668 g/mol. The van der Waals surface area contributed by atoms with Gasteiger partial charge in [-0.15, -0.1) is 11.3 Å². The molecular weight excluding hydrogens is 635 g/mol. The number of carbonyl (C=O) groups excluding carboxylic acids is 2. The van der Waals surface area contributed by atoms with Gasteiger partial charge in [0.05, 0.1) is 48.8 Å². The summed E-state index contributed by atoms with van der Waals surface area (Å²) in [5.74, 6) is -8.88. The van der Waals surface area contributed by atoms with Gasteiger partial charge < -0.3 is 34.1 Å². The van der Waals surface area contributed by atoms with Gasteiger partial charge in [0, 0.05) is 48.9 Å². The van der Waals surface area contributed by atoms with Crippen molar-refractivity contribution in [2.45, 2.75) is 46.2 Å². The van der Waals surface area contributed by atoms with E-state index in [1.807, 2.05) is 0 Å². The van der Waals surface area contributed by atoms with Crippen molar-refractivity contribution in [2.24, 2.45) is 11.8 Å². The molecular formula is C31H32F3NO10S. The Kier molecular flexibility index (Phi) is 10.7. The molecule has 11 nitrogen and oxygen atoms in total. The number of halogens is 3. The molecule has 1 aliphatic rings. The van der Waals surface area contributed by atoms with Crippen molar-refractivity contribution < 1.29 is 61.5 Å². The number of nitrogens with zero attached hydrogens (tertiary/aromatic N) is 1. The zero-order chi connectivity index (χ0) is 33.9. The summed E-state index contributed by atoms with van der Waals surface area (Å²) in [6.45, 7) is 2.02. The molecule has 1 aliphatic heterocycles. The Bertz CT molecular complexity index is 1690. The van der Waals surface area contributed by atoms with E-state index in [0.717, 1.165) is 18.4 Å². The number of carboxylic acids is 2. The molecule has 3 aromatic rings. The Hall–Kier alpha value is -4.53. The number of fused-ring (bicyclic) bond motifs is 2. The van der Waals surface area contributed by atoms with Crippen molar-refractivity contribution >= 4 is 45.1 Å². The lowest BCUT2D eigenvalue weighted by molar-refractivity contribution is -0.145. The average Bonchev–Trinajstić information content (AvgIpc) is 3.65. The van der Waals surface area contributed by atoms with E-state index in [4.69, 9.17) is 29.2 Å². The van der Waals surface area contributed by atoms with Crippen molar-refractivity contribution in [1.29, 1.82) is 0 Å². The van der Waals surface area contributed by atoms with Crippen LogP contribution in [0.3, 0.4) is 0 Å². The van der Waals surface area contributed by atoms with Gasteiger partial charge in [0.25, 0.3) is 0 Å². The highest BCUT2D eigenvalue weighted by atomic mass is 32.1. The maximum atomic E-state index is 15.5. The van der Waals surface area contributed by atoms with Crippen molar-refractivity contribution in [3.8, 4) is 23.0 Å². The van der Waals surface area contributed by atoms with E-state index in [0.29, 0.717) is 5.39 Å². The lowest BCUT2D eigenvalue weighted by Gasteiger charge is -2.16. The van der Waals surface area contributed by atoms with E-state index >= 15 is 13.2 Å². The quantitative estimate of drug-likeness (QED) is 0.159. The molecule has 46 heavy (non-hydrogen) atoms. The predicted octanol–water partition coefficient (Wildman–Crippen LogP) is 5.43. The molecule has 2 atom stereocenters. The van der Waals surface area contributed by atoms with Gasteiger partial charge in [-0.3, -0.25) is 19.2 Å². The second-order valence-corrected chi connectivity index (χ2v) is 11.9. The Morgan fingerprint density at radius 1 is 0.826 bits per heavy atom. The standard InChI is InChI=1S/C31H32F3NO10S/c1-14(30(38)39)8-19(36)21-11-16-10-20(26(42-3)25(34)29(16)46-21)44-6-5-7-45-28-24(33)18-13-35(22(37)9-15(2)31(40)41)12-17(18)23(32)27(28)43-4/h10-11,14-15H,5-9,12-13H2,1-4H3,(H,38,39)(H,40,41). The zero-order valence-electron chi connectivity index (χ0n) is 25.4. The minimum Gasteiger partial charge on any atom is -0.490 e. The summed E-state index contributed by atoms with van der Waals surface area (Å²) in [6.07, 6.45) is -0.444. The number of rotatable bonds is 15. The number of aliphatic carboxylic acids is 2. The number of thiophene rings is 1. The highest BCUT2D eigenvalue weighted by Gasteiger charge is 2.35. The van der Waals surface area contributed by atoms with E-state index in [2.05, 4.69) is 0 Å². The molecule has 4 rings (SSSR count). The molecule has 1 aromatic heterocycles. The van der Waals surface area contributed by atoms with Gasteiger partial charge in [-0.25, -0.2) is 13.2 Å². The lowest BCUT2D eigenvalue weighted by atomic mass is 10.0. The van der Waals surface area contributed by atoms with Crippen molar-refractivity contribution in [2.75, 3.05) is 27.4 Å². The fourth-order valence-electron chi connectivity index (χ4n) is 4.89. The summed E-state index contributed by atoms with van der Waals surface area (Å²) in [6, 6.07) is 2.93. The third-order valence-electron chi connectivity index (χ3n) is 7.51. The number of methoxy groups -OCH3 is 2. The van der Waals surface area contributed by atoms with Crippen LogP contribution in [0.1, 0.15) is 53.9 Å². The summed E-state index contributed by atoms with van der Waals surface area (Å²) in [5, 5.41) is 18.5. The smallest absolute Gasteiger partial charge is 0.306 e. The first-order chi connectivity index (χ1) is 21.8. The highest BCUT2D eigenvalue weighted by Crippen LogP contribution is 2.43. The molecule has 0 aliphatic carbocycles. The van der Waals surface area contributed by atoms with Crippen LogP contribution in [0, 0.1) is 29.3 Å². The maximum Gasteiger partial charge on any atom is 0.306 e. The molecule has 248 valence electrons. The summed E-state index contributed by atoms with van der Waals surface area (Å²) in [4.78, 5) is 48.7. The molecule has 0 radical (unpaired) electrons. The fourth-order valence-corrected chi connectivity index (χ4v) is 5.91. The zero-order valence-corrected chi connectivity index (χ0v) is 26.2. The molecule has 2 aromatic carbocycles. The largest absolute Gasteiger partial charge is 0.490 e. The Morgan fingerprint density at radius 2 is 1.39 bits per heavy atom. The number of hydrogen-bond acceptors (Lipinski definition) is 9. The summed E-state index contributed by atoms with van der Waals surface area (Å²) in [5.41, 5.74) is -0.180. The third-order valence-corrected chi connectivity index (χ3v) is 8.70. The van der Waals surface area contributed by atoms with E-state index in [1.54, 1.807) is 0 Å². The minimum atomic E-state index is -1.16. The van der Waals surface area contributed by atoms with Crippen LogP contribution in [-0.2, 0) is 27.5 Å². The number of carboxylic acid groups (broad SMARTS) is 2. The second-order valence-electron chi connectivity index (χ2n) is 10.8. The van der Waals surface area contributed by atoms with E-state index in [-0.39, 0.29) is 77.8 Å². The van der Waals surface area contributed by atoms with Crippen LogP contribution in [-0.4, -0.2) is 66.2 Å². The molecule has 0 saturated carbocycles. The number of hydrogen-bond donors (Lipinski definition) is 2. The van der Waals surface area contributed by atoms with Gasteiger partial charge in [-0.1, -0.05) is 13.8 Å². The van der Waals surface area contributed by atoms with Gasteiger partial charge in [-0.05, 0) is 12.1 Å². The van der Waals surface area contributed by atoms with Gasteiger partial charge in [-0.2, -0.15) is 0 Å². The van der Waals surface area contributed by atoms with Crippen molar-refractivity contribution in [1.82, 2.24) is 4.90 Å². The van der Waals surface area contributed by atoms with Gasteiger partial charge in [0.1, 0.15) is 0 Å². The highest BCUT2D eigenvalue weighted by molar-refractivity contribution is 7.20. The summed E-state index contributed by atoms with van der Waals surface area (Å²) in [7, 11) is 2.38. The topological polar surface area (TPSA) is 149 Å². The Balaban J connectivity index is 1.43. The van der Waals surface area contributed by atoms with E-state index in [1.165, 1.54) is 38.0 Å². The predicted molar refractivity (Wildman–Crippen MR) is 158 cm³/mol. The SMILES string of the molecule is COc1c(F)c2c(c(F)c1OCCCOc1cc3cc(C(=O)CC(C)C(=O)O)sc3c(F)c1OC)CN(C(=O)CC(C)C(=O)O)C2. The van der Waals surface area contributed by atoms with E-state index < -0.39 is 64.4 Å². The summed E-state index contributed by atoms with van der Waals surface area (Å²) >= 11 is 0.877. The number of amides is 1. The van der Waals surface area contributed by atoms with Crippen LogP contribution in [0.2, 0.25) is 0 Å². The second kappa shape index (κ2) is 14.3. The first-order valence-corrected chi connectivity index (χ1v) is 15.0. The molecule has 2 N–H and O–H groups in total. The lowest BCUT2D eigenvalue weighted by Crippen LogP contribution is -2.28. The van der Waals surface area contributed by atoms with Crippen molar-refractivity contribution in [3.63, 3.8) is 0 Å². The van der Waals surface area contributed by atoms with Crippen LogP contribution in [0.25, 0.3) is 10.1 Å². The van der Waals surface area contributed by atoms with Gasteiger partial charge in [0.2, 0.25) is 11.7 Å². The van der Waals surface area contributed by atoms with Crippen LogP contribution < -0.4 is 18.9 Å². The van der Waals surface area contributed by atoms with Crippen LogP contribution in [0.15, 0.2) is 12.1 Å². The summed E-state index contributed by atoms with van der Waals surface area (Å²) < 4.78 is 67.7. The molecule has 15 heteroatoms. The van der Waals surface area contributed by atoms with E-state index in [9.17, 15) is 19.2 Å². The normalized spacial score (nSPS) is 13.7. The first kappa shape index (κ1) is 34.3. The first-order valence-electron chi connectivity index (χ1n) is 14.2. The third kappa shape index (κ3) is 6.98. The molecule has 0 saturated heterocycles. The minimum absolute atomic E-state index is 0.0255. The van der Waals surface area contributed by atoms with Crippen LogP contribution in [0.5, 0.6) is 23.0 Å². The number of carbonyl (C=O) groups is 4. The molecule has 2 heterocycles. The number of Topliss-reactive ketones (excluding diaryl/α,β-unsaturated/α-hetero) is 1. The maximum absolute atomic E-state index is 15.5. The van der Waals surface area contributed by atoms with Crippen molar-refractivity contribution in [3.05, 3.63) is 45.6 Å². The molecule has 0 fully saturated rings. The van der Waals surface area contributed by atoms with Gasteiger partial charge in [0.15, 0.2) is 40.5 Å². The molecule has 0 bridgehead atoms. The number of benzene rings is 2. The molecule has 0 spiro atoms. The van der Waals surface area contributed by atoms with Gasteiger partial charge >= 0.3 is 11.9 Å². The van der Waals surface area contributed by atoms with Crippen LogP contribution >= 0.6 is 11.3 Å². The fraction of sp³-hybridized carbons (Fsp3) is 0.419. The number of ketones is 1. The monoisotopic (exact) mass is 667 g/mol. The number of ether oxygens (including phenoxy) is 4.